The van der Waals surface area contributed by atoms with E-state index in [1.165, 1.54) is 6.08 Å². The van der Waals surface area contributed by atoms with Crippen molar-refractivity contribution in [2.24, 2.45) is 0 Å². The quantitative estimate of drug-likeness (QED) is 0.813. The number of hydrogen-bond donors (Lipinski definition) is 2. The number of fused-ring (bicyclic) bond motifs is 1. The smallest absolute Gasteiger partial charge is 0.328 e. The number of rotatable bonds is 2. The summed E-state index contributed by atoms with van der Waals surface area (Å²) in [5.74, 6) is -1.05. The summed E-state index contributed by atoms with van der Waals surface area (Å²) in [6.07, 6.45) is 2.42. The van der Waals surface area contributed by atoms with Crippen molar-refractivity contribution >= 4 is 57.8 Å². The summed E-state index contributed by atoms with van der Waals surface area (Å²) in [5, 5.41) is 10.4. The topological polar surface area (TPSA) is 53.1 Å². The van der Waals surface area contributed by atoms with Crippen LogP contribution < -0.4 is 0 Å². The predicted octanol–water partition coefficient (Wildman–Crippen LogP) is 4.23. The zero-order chi connectivity index (χ0) is 12.6. The van der Waals surface area contributed by atoms with Gasteiger partial charge in [0, 0.05) is 17.0 Å². The third-order valence-electron chi connectivity index (χ3n) is 2.25. The molecule has 0 aliphatic carbocycles. The lowest BCUT2D eigenvalue weighted by atomic mass is 10.1. The first-order chi connectivity index (χ1) is 8.00. The van der Waals surface area contributed by atoms with Gasteiger partial charge >= 0.3 is 5.97 Å². The van der Waals surface area contributed by atoms with Crippen LogP contribution in [-0.4, -0.2) is 16.1 Å². The van der Waals surface area contributed by atoms with E-state index < -0.39 is 5.97 Å². The minimum Gasteiger partial charge on any atom is -0.478 e. The maximum absolute atomic E-state index is 10.5. The number of aromatic nitrogens is 1. The van der Waals surface area contributed by atoms with Gasteiger partial charge in [-0.05, 0) is 12.1 Å². The molecule has 0 aliphatic heterocycles. The lowest BCUT2D eigenvalue weighted by Crippen LogP contribution is -1.85. The first kappa shape index (κ1) is 12.3. The molecule has 0 unspecified atom stereocenters. The zero-order valence-corrected chi connectivity index (χ0v) is 10.6. The zero-order valence-electron chi connectivity index (χ0n) is 8.30. The van der Waals surface area contributed by atoms with Crippen LogP contribution in [0.25, 0.3) is 17.0 Å². The molecule has 1 heterocycles. The Labute approximate surface area is 112 Å². The van der Waals surface area contributed by atoms with E-state index in [1.54, 1.807) is 12.1 Å². The number of benzene rings is 1. The van der Waals surface area contributed by atoms with E-state index in [2.05, 4.69) is 4.98 Å². The summed E-state index contributed by atoms with van der Waals surface area (Å²) < 4.78 is 0. The summed E-state index contributed by atoms with van der Waals surface area (Å²) in [6, 6.07) is 3.36. The molecule has 2 rings (SSSR count). The number of aromatic amines is 1. The van der Waals surface area contributed by atoms with Crippen molar-refractivity contribution < 1.29 is 9.90 Å². The Morgan fingerprint density at radius 1 is 1.29 bits per heavy atom. The molecule has 0 spiro atoms. The van der Waals surface area contributed by atoms with Crippen molar-refractivity contribution in [3.63, 3.8) is 0 Å². The van der Waals surface area contributed by atoms with Crippen LogP contribution in [0.4, 0.5) is 0 Å². The molecule has 0 amide bonds. The molecule has 0 bridgehead atoms. The molecule has 88 valence electrons. The molecule has 6 heteroatoms. The number of H-pyrrole nitrogens is 1. The van der Waals surface area contributed by atoms with Crippen molar-refractivity contribution in [1.82, 2.24) is 4.98 Å². The lowest BCUT2D eigenvalue weighted by molar-refractivity contribution is -0.131. The average Bonchev–Trinajstić information content (AvgIpc) is 2.58. The van der Waals surface area contributed by atoms with Gasteiger partial charge in [-0.3, -0.25) is 0 Å². The maximum Gasteiger partial charge on any atom is 0.328 e. The van der Waals surface area contributed by atoms with Crippen molar-refractivity contribution in [1.29, 1.82) is 0 Å². The molecular formula is C11H6Cl3NO2. The fraction of sp³-hybridized carbons (Fsp3) is 0. The summed E-state index contributed by atoms with van der Waals surface area (Å²) in [5.41, 5.74) is 1.16. The van der Waals surface area contributed by atoms with E-state index in [0.29, 0.717) is 26.3 Å². The lowest BCUT2D eigenvalue weighted by Gasteiger charge is -1.97. The van der Waals surface area contributed by atoms with Gasteiger partial charge in [-0.2, -0.15) is 0 Å². The molecular weight excluding hydrogens is 284 g/mol. The number of carboxylic acid groups (broad SMARTS) is 1. The number of carboxylic acids is 1. The van der Waals surface area contributed by atoms with Crippen molar-refractivity contribution in [2.45, 2.75) is 0 Å². The Morgan fingerprint density at radius 2 is 2.00 bits per heavy atom. The van der Waals surface area contributed by atoms with Crippen LogP contribution in [0.2, 0.25) is 15.2 Å². The highest BCUT2D eigenvalue weighted by Gasteiger charge is 2.12. The Kier molecular flexibility index (Phi) is 3.33. The van der Waals surface area contributed by atoms with Crippen LogP contribution in [0, 0.1) is 0 Å². The van der Waals surface area contributed by atoms with Crippen LogP contribution in [0.5, 0.6) is 0 Å². The third kappa shape index (κ3) is 2.27. The molecule has 1 aromatic heterocycles. The Morgan fingerprint density at radius 3 is 2.65 bits per heavy atom. The van der Waals surface area contributed by atoms with Gasteiger partial charge in [0.1, 0.15) is 5.15 Å². The molecule has 0 radical (unpaired) electrons. The maximum atomic E-state index is 10.5. The molecule has 0 aliphatic rings. The summed E-state index contributed by atoms with van der Waals surface area (Å²) >= 11 is 17.9. The van der Waals surface area contributed by atoms with E-state index in [4.69, 9.17) is 39.9 Å². The van der Waals surface area contributed by atoms with E-state index >= 15 is 0 Å². The van der Waals surface area contributed by atoms with Crippen LogP contribution in [0.3, 0.4) is 0 Å². The van der Waals surface area contributed by atoms with Crippen molar-refractivity contribution in [3.05, 3.63) is 39.0 Å². The third-order valence-corrected chi connectivity index (χ3v) is 3.35. The number of nitrogens with one attached hydrogen (secondary N) is 1. The summed E-state index contributed by atoms with van der Waals surface area (Å²) in [7, 11) is 0. The second-order valence-corrected chi connectivity index (χ2v) is 4.47. The van der Waals surface area contributed by atoms with Gasteiger partial charge < -0.3 is 10.1 Å². The average molecular weight is 291 g/mol. The highest BCUT2D eigenvalue weighted by atomic mass is 35.5. The Balaban J connectivity index is 2.69. The monoisotopic (exact) mass is 289 g/mol. The highest BCUT2D eigenvalue weighted by Crippen LogP contribution is 2.35. The molecule has 0 atom stereocenters. The molecule has 3 nitrogen and oxygen atoms in total. The van der Waals surface area contributed by atoms with Gasteiger partial charge in [0.25, 0.3) is 0 Å². The van der Waals surface area contributed by atoms with Crippen LogP contribution in [0.15, 0.2) is 18.2 Å². The van der Waals surface area contributed by atoms with Gasteiger partial charge in [-0.25, -0.2) is 4.79 Å². The van der Waals surface area contributed by atoms with Gasteiger partial charge in [0.05, 0.1) is 15.6 Å². The fourth-order valence-corrected chi connectivity index (χ4v) is 2.14. The number of halogens is 3. The molecule has 0 saturated heterocycles. The fourth-order valence-electron chi connectivity index (χ4n) is 1.51. The summed E-state index contributed by atoms with van der Waals surface area (Å²) in [6.45, 7) is 0. The first-order valence-corrected chi connectivity index (χ1v) is 5.70. The molecule has 2 N–H and O–H groups in total. The van der Waals surface area contributed by atoms with Gasteiger partial charge in [-0.1, -0.05) is 40.9 Å². The first-order valence-electron chi connectivity index (χ1n) is 4.57. The standard InChI is InChI=1S/C11H6Cl3NO2/c12-7-3-1-5-6(2-4-8(16)17)11(14)15-10(5)9(7)13/h1-4,15H,(H,16,17)/b4-2+. The SMILES string of the molecule is O=C(O)/C=C/c1c(Cl)[nH]c2c(Cl)c(Cl)ccc12. The number of carbonyl (C=O) groups is 1. The molecule has 0 saturated carbocycles. The van der Waals surface area contributed by atoms with Gasteiger partial charge in [0.15, 0.2) is 0 Å². The molecule has 0 fully saturated rings. The number of hydrogen-bond acceptors (Lipinski definition) is 1. The second kappa shape index (κ2) is 4.61. The Bertz CT molecular complexity index is 631. The highest BCUT2D eigenvalue weighted by molar-refractivity contribution is 6.45. The van der Waals surface area contributed by atoms with Crippen LogP contribution >= 0.6 is 34.8 Å². The van der Waals surface area contributed by atoms with Crippen molar-refractivity contribution in [2.75, 3.05) is 0 Å². The van der Waals surface area contributed by atoms with Crippen molar-refractivity contribution in [3.8, 4) is 0 Å². The van der Waals surface area contributed by atoms with Crippen LogP contribution in [0.1, 0.15) is 5.56 Å². The van der Waals surface area contributed by atoms with E-state index in [0.717, 1.165) is 11.5 Å². The van der Waals surface area contributed by atoms with Crippen LogP contribution in [-0.2, 0) is 4.79 Å². The Hall–Kier alpha value is -1.16. The van der Waals surface area contributed by atoms with Gasteiger partial charge in [0.2, 0.25) is 0 Å². The van der Waals surface area contributed by atoms with E-state index in [9.17, 15) is 4.79 Å². The molecule has 1 aromatic carbocycles. The largest absolute Gasteiger partial charge is 0.478 e. The molecule has 2 aromatic rings. The predicted molar refractivity (Wildman–Crippen MR) is 70.0 cm³/mol. The minimum absolute atomic E-state index is 0.321. The van der Waals surface area contributed by atoms with E-state index in [1.807, 2.05) is 0 Å². The minimum atomic E-state index is -1.05. The normalized spacial score (nSPS) is 11.5. The van der Waals surface area contributed by atoms with Gasteiger partial charge in [-0.15, -0.1) is 0 Å². The van der Waals surface area contributed by atoms with E-state index in [-0.39, 0.29) is 0 Å². The summed E-state index contributed by atoms with van der Waals surface area (Å²) in [4.78, 5) is 13.3. The molecule has 17 heavy (non-hydrogen) atoms. The number of aliphatic carboxylic acids is 1. The second-order valence-electron chi connectivity index (χ2n) is 3.31.